The van der Waals surface area contributed by atoms with E-state index in [-0.39, 0.29) is 12.4 Å². The largest absolute Gasteiger partial charge is 0.300 e. The number of halogens is 1. The molecule has 23 heavy (non-hydrogen) atoms. The van der Waals surface area contributed by atoms with Gasteiger partial charge in [-0.15, -0.1) is 12.4 Å². The fourth-order valence-electron chi connectivity index (χ4n) is 3.74. The van der Waals surface area contributed by atoms with Crippen LogP contribution in [-0.4, -0.2) is 24.0 Å². The second-order valence-corrected chi connectivity index (χ2v) is 6.60. The Bertz CT molecular complexity index is 503. The molecule has 2 atom stereocenters. The van der Waals surface area contributed by atoms with E-state index < -0.39 is 0 Å². The highest BCUT2D eigenvalue weighted by atomic mass is 35.5. The number of aryl methyl sites for hydroxylation is 2. The molecule has 0 spiro atoms. The van der Waals surface area contributed by atoms with Crippen LogP contribution in [0.4, 0.5) is 0 Å². The van der Waals surface area contributed by atoms with Gasteiger partial charge in [0.25, 0.3) is 0 Å². The van der Waals surface area contributed by atoms with E-state index >= 15 is 0 Å². The summed E-state index contributed by atoms with van der Waals surface area (Å²) in [6.07, 6.45) is 7.73. The first-order valence-electron chi connectivity index (χ1n) is 8.63. The molecule has 0 bridgehead atoms. The normalized spacial score (nSPS) is 21.1. The molecule has 0 amide bonds. The third-order valence-corrected chi connectivity index (χ3v) is 5.20. The zero-order valence-electron chi connectivity index (χ0n) is 14.0. The number of likely N-dealkylation sites (tertiary alicyclic amines) is 1. The zero-order chi connectivity index (χ0) is 15.2. The van der Waals surface area contributed by atoms with Crippen LogP contribution < -0.4 is 0 Å². The summed E-state index contributed by atoms with van der Waals surface area (Å²) in [7, 11) is 2.33. The number of hydrogen-bond acceptors (Lipinski definition) is 1. The molecule has 2 heteroatoms. The average molecular weight is 330 g/mol. The van der Waals surface area contributed by atoms with Crippen molar-refractivity contribution in [3.63, 3.8) is 0 Å². The maximum absolute atomic E-state index is 2.64. The van der Waals surface area contributed by atoms with E-state index in [0.717, 1.165) is 12.1 Å². The fourth-order valence-corrected chi connectivity index (χ4v) is 3.74. The van der Waals surface area contributed by atoms with Crippen molar-refractivity contribution in [2.75, 3.05) is 7.05 Å². The predicted octanol–water partition coefficient (Wildman–Crippen LogP) is 5.14. The summed E-state index contributed by atoms with van der Waals surface area (Å²) < 4.78 is 0. The fraction of sp³-hybridized carbons (Fsp3) is 0.429. The Morgan fingerprint density at radius 1 is 0.739 bits per heavy atom. The molecule has 0 radical (unpaired) electrons. The molecule has 1 aliphatic rings. The molecule has 124 valence electrons. The van der Waals surface area contributed by atoms with Crippen LogP contribution in [0.15, 0.2) is 60.7 Å². The van der Waals surface area contributed by atoms with Crippen molar-refractivity contribution in [1.29, 1.82) is 0 Å². The van der Waals surface area contributed by atoms with Crippen LogP contribution in [0.25, 0.3) is 0 Å². The van der Waals surface area contributed by atoms with Crippen molar-refractivity contribution in [3.8, 4) is 0 Å². The van der Waals surface area contributed by atoms with E-state index in [1.54, 1.807) is 0 Å². The van der Waals surface area contributed by atoms with Gasteiger partial charge < -0.3 is 4.90 Å². The highest BCUT2D eigenvalue weighted by Crippen LogP contribution is 2.28. The van der Waals surface area contributed by atoms with Gasteiger partial charge >= 0.3 is 0 Å². The minimum absolute atomic E-state index is 0. The minimum atomic E-state index is 0. The average Bonchev–Trinajstić information content (AvgIpc) is 2.93. The molecule has 1 fully saturated rings. The predicted molar refractivity (Wildman–Crippen MR) is 101 cm³/mol. The zero-order valence-corrected chi connectivity index (χ0v) is 14.8. The van der Waals surface area contributed by atoms with Gasteiger partial charge in [0.05, 0.1) is 0 Å². The van der Waals surface area contributed by atoms with E-state index in [2.05, 4.69) is 72.6 Å². The van der Waals surface area contributed by atoms with Crippen molar-refractivity contribution < 1.29 is 0 Å². The Morgan fingerprint density at radius 2 is 1.13 bits per heavy atom. The van der Waals surface area contributed by atoms with Crippen LogP contribution in [0, 0.1) is 0 Å². The number of hydrogen-bond donors (Lipinski definition) is 0. The molecule has 2 aromatic rings. The molecule has 3 rings (SSSR count). The van der Waals surface area contributed by atoms with Crippen molar-refractivity contribution in [2.45, 2.75) is 50.6 Å². The van der Waals surface area contributed by atoms with Gasteiger partial charge in [0.15, 0.2) is 0 Å². The van der Waals surface area contributed by atoms with Gasteiger partial charge in [0.1, 0.15) is 0 Å². The van der Waals surface area contributed by atoms with E-state index in [4.69, 9.17) is 0 Å². The molecule has 0 aliphatic carbocycles. The summed E-state index contributed by atoms with van der Waals surface area (Å²) in [5.74, 6) is 0. The van der Waals surface area contributed by atoms with Crippen molar-refractivity contribution in [3.05, 3.63) is 71.8 Å². The smallest absolute Gasteiger partial charge is 0.00988 e. The van der Waals surface area contributed by atoms with Crippen molar-refractivity contribution in [1.82, 2.24) is 4.90 Å². The van der Waals surface area contributed by atoms with Crippen molar-refractivity contribution in [2.24, 2.45) is 0 Å². The summed E-state index contributed by atoms with van der Waals surface area (Å²) in [4.78, 5) is 2.64. The van der Waals surface area contributed by atoms with Gasteiger partial charge in [-0.3, -0.25) is 0 Å². The standard InChI is InChI=1S/C21H27N.ClH/c1-22-20(14-12-18-8-4-2-5-9-18)16-17-21(22)15-13-19-10-6-3-7-11-19;/h2-11,20-21H,12-17H2,1H3;1H/t20-,21-;/m0./s1. The molecule has 0 saturated carbocycles. The summed E-state index contributed by atoms with van der Waals surface area (Å²) in [6.45, 7) is 0. The van der Waals surface area contributed by atoms with Gasteiger partial charge in [0, 0.05) is 12.1 Å². The van der Waals surface area contributed by atoms with E-state index in [9.17, 15) is 0 Å². The summed E-state index contributed by atoms with van der Waals surface area (Å²) in [5.41, 5.74) is 2.95. The number of benzene rings is 2. The van der Waals surface area contributed by atoms with Crippen LogP contribution in [0.3, 0.4) is 0 Å². The summed E-state index contributed by atoms with van der Waals surface area (Å²) in [6, 6.07) is 23.3. The van der Waals surface area contributed by atoms with Crippen LogP contribution in [-0.2, 0) is 12.8 Å². The van der Waals surface area contributed by atoms with Gasteiger partial charge in [-0.05, 0) is 56.7 Å². The van der Waals surface area contributed by atoms with Crippen molar-refractivity contribution >= 4 is 12.4 Å². The lowest BCUT2D eigenvalue weighted by atomic mass is 10.0. The Labute approximate surface area is 147 Å². The summed E-state index contributed by atoms with van der Waals surface area (Å²) in [5, 5.41) is 0. The minimum Gasteiger partial charge on any atom is -0.300 e. The Morgan fingerprint density at radius 3 is 1.52 bits per heavy atom. The van der Waals surface area contributed by atoms with E-state index in [1.165, 1.54) is 49.7 Å². The van der Waals surface area contributed by atoms with Gasteiger partial charge in [0.2, 0.25) is 0 Å². The first kappa shape index (κ1) is 18.0. The molecule has 1 saturated heterocycles. The second kappa shape index (κ2) is 9.10. The van der Waals surface area contributed by atoms with Crippen LogP contribution >= 0.6 is 12.4 Å². The Kier molecular flexibility index (Phi) is 7.14. The number of nitrogens with zero attached hydrogens (tertiary/aromatic N) is 1. The maximum Gasteiger partial charge on any atom is 0.00988 e. The lowest BCUT2D eigenvalue weighted by molar-refractivity contribution is 0.223. The Hall–Kier alpha value is -1.31. The van der Waals surface area contributed by atoms with Gasteiger partial charge in [-0.2, -0.15) is 0 Å². The third-order valence-electron chi connectivity index (χ3n) is 5.20. The molecule has 1 aliphatic heterocycles. The molecule has 0 N–H and O–H groups in total. The second-order valence-electron chi connectivity index (χ2n) is 6.60. The molecule has 2 aromatic carbocycles. The third kappa shape index (κ3) is 5.09. The van der Waals surface area contributed by atoms with Crippen LogP contribution in [0.2, 0.25) is 0 Å². The monoisotopic (exact) mass is 329 g/mol. The molecule has 0 unspecified atom stereocenters. The number of rotatable bonds is 6. The van der Waals surface area contributed by atoms with E-state index in [1.807, 2.05) is 0 Å². The van der Waals surface area contributed by atoms with E-state index in [0.29, 0.717) is 0 Å². The molecule has 1 heterocycles. The molecule has 1 nitrogen and oxygen atoms in total. The lowest BCUT2D eigenvalue weighted by Crippen LogP contribution is -2.32. The quantitative estimate of drug-likeness (QED) is 0.709. The Balaban J connectivity index is 0.00000192. The van der Waals surface area contributed by atoms with Gasteiger partial charge in [-0.1, -0.05) is 60.7 Å². The van der Waals surface area contributed by atoms with Crippen LogP contribution in [0.1, 0.15) is 36.8 Å². The lowest BCUT2D eigenvalue weighted by Gasteiger charge is -2.26. The SMILES string of the molecule is CN1[C@@H](CCc2ccccc2)CC[C@@H]1CCc1ccccc1.Cl. The summed E-state index contributed by atoms with van der Waals surface area (Å²) >= 11 is 0. The van der Waals surface area contributed by atoms with Crippen LogP contribution in [0.5, 0.6) is 0 Å². The highest BCUT2D eigenvalue weighted by molar-refractivity contribution is 5.85. The van der Waals surface area contributed by atoms with Gasteiger partial charge in [-0.25, -0.2) is 0 Å². The maximum atomic E-state index is 2.64. The first-order chi connectivity index (χ1) is 10.8. The first-order valence-corrected chi connectivity index (χ1v) is 8.63. The topological polar surface area (TPSA) is 3.24 Å². The molecular weight excluding hydrogens is 302 g/mol. The molecular formula is C21H28ClN. The molecule has 0 aromatic heterocycles. The highest BCUT2D eigenvalue weighted by Gasteiger charge is 2.29.